The largest absolute Gasteiger partial charge is 0.497 e. The van der Waals surface area contributed by atoms with Gasteiger partial charge < -0.3 is 10.1 Å². The molecule has 1 fully saturated rings. The molecule has 2 rings (SSSR count). The fourth-order valence-corrected chi connectivity index (χ4v) is 2.61. The monoisotopic (exact) mass is 342 g/mol. The Hall–Kier alpha value is -1.48. The van der Waals surface area contributed by atoms with Crippen LogP contribution in [-0.4, -0.2) is 44.4 Å². The zero-order valence-corrected chi connectivity index (χ0v) is 12.3. The lowest BCUT2D eigenvalue weighted by atomic mass is 10.0. The Labute approximate surface area is 129 Å². The normalized spacial score (nSPS) is 18.7. The van der Waals surface area contributed by atoms with Gasteiger partial charge in [0.15, 0.2) is 0 Å². The highest BCUT2D eigenvalue weighted by Gasteiger charge is 2.46. The van der Waals surface area contributed by atoms with Gasteiger partial charge in [0.05, 0.1) is 12.7 Å². The van der Waals surface area contributed by atoms with E-state index in [1.807, 2.05) is 0 Å². The molecule has 0 unspecified atom stereocenters. The van der Waals surface area contributed by atoms with Gasteiger partial charge in [-0.3, -0.25) is 4.90 Å². The van der Waals surface area contributed by atoms with Crippen LogP contribution in [-0.2, 0) is 6.18 Å². The summed E-state index contributed by atoms with van der Waals surface area (Å²) in [5, 5.41) is 2.92. The number of hydrogen-bond acceptors (Lipinski definition) is 3. The van der Waals surface area contributed by atoms with Crippen LogP contribution in [0.5, 0.6) is 5.75 Å². The van der Waals surface area contributed by atoms with Crippen molar-refractivity contribution in [2.75, 3.05) is 33.3 Å². The number of rotatable bonds is 3. The summed E-state index contributed by atoms with van der Waals surface area (Å²) in [4.78, 5) is 1.13. The predicted molar refractivity (Wildman–Crippen MR) is 71.2 cm³/mol. The summed E-state index contributed by atoms with van der Waals surface area (Å²) in [5.41, 5.74) is -1.62. The minimum Gasteiger partial charge on any atom is -0.497 e. The van der Waals surface area contributed by atoms with Crippen molar-refractivity contribution in [1.29, 1.82) is 0 Å². The van der Waals surface area contributed by atoms with Gasteiger partial charge in [-0.25, -0.2) is 0 Å². The Morgan fingerprint density at radius 2 is 1.65 bits per heavy atom. The number of halogens is 6. The summed E-state index contributed by atoms with van der Waals surface area (Å²) in [6.45, 7) is 0.900. The first-order chi connectivity index (χ1) is 10.6. The van der Waals surface area contributed by atoms with Gasteiger partial charge in [0.1, 0.15) is 11.8 Å². The highest BCUT2D eigenvalue weighted by molar-refractivity contribution is 5.38. The van der Waals surface area contributed by atoms with Crippen LogP contribution < -0.4 is 10.1 Å². The molecule has 1 aliphatic rings. The van der Waals surface area contributed by atoms with Crippen LogP contribution in [0, 0.1) is 0 Å². The second-order valence-electron chi connectivity index (χ2n) is 5.22. The molecule has 0 bridgehead atoms. The maximum absolute atomic E-state index is 13.5. The molecule has 1 heterocycles. The third-order valence-electron chi connectivity index (χ3n) is 3.63. The van der Waals surface area contributed by atoms with E-state index in [1.54, 1.807) is 0 Å². The maximum atomic E-state index is 13.5. The first-order valence-electron chi connectivity index (χ1n) is 6.90. The molecular weight excluding hydrogens is 326 g/mol. The van der Waals surface area contributed by atoms with E-state index in [4.69, 9.17) is 4.74 Å². The van der Waals surface area contributed by atoms with E-state index in [0.29, 0.717) is 25.2 Å². The molecule has 1 atom stereocenters. The van der Waals surface area contributed by atoms with Crippen molar-refractivity contribution in [2.45, 2.75) is 18.4 Å². The average molecular weight is 342 g/mol. The number of nitrogens with zero attached hydrogens (tertiary/aromatic N) is 1. The molecule has 0 radical (unpaired) electrons. The molecule has 1 N–H and O–H groups in total. The van der Waals surface area contributed by atoms with Gasteiger partial charge in [-0.1, -0.05) is 0 Å². The van der Waals surface area contributed by atoms with Crippen LogP contribution in [0.25, 0.3) is 0 Å². The third-order valence-corrected chi connectivity index (χ3v) is 3.63. The average Bonchev–Trinajstić information content (AvgIpc) is 2.46. The number of methoxy groups -OCH3 is 1. The molecule has 1 aromatic carbocycles. The standard InChI is InChI=1S/C14H16F6N2O/c1-23-11-7-9(6-10(8-11)13(15,16)17)12(14(18,19)20)22-4-2-21-3-5-22/h6-8,12,21H,2-5H2,1H3/t12-/m1/s1. The van der Waals surface area contributed by atoms with Crippen molar-refractivity contribution in [2.24, 2.45) is 0 Å². The number of nitrogens with one attached hydrogen (secondary N) is 1. The minimum atomic E-state index is -4.75. The Kier molecular flexibility index (Phi) is 5.10. The zero-order valence-electron chi connectivity index (χ0n) is 12.3. The third kappa shape index (κ3) is 4.29. The number of piperazine rings is 1. The van der Waals surface area contributed by atoms with Crippen LogP contribution in [0.1, 0.15) is 17.2 Å². The first-order valence-corrected chi connectivity index (χ1v) is 6.90. The Morgan fingerprint density at radius 3 is 2.13 bits per heavy atom. The van der Waals surface area contributed by atoms with Crippen LogP contribution in [0.2, 0.25) is 0 Å². The van der Waals surface area contributed by atoms with Gasteiger partial charge in [-0.15, -0.1) is 0 Å². The quantitative estimate of drug-likeness (QED) is 0.854. The van der Waals surface area contributed by atoms with Crippen LogP contribution in [0.4, 0.5) is 26.3 Å². The van der Waals surface area contributed by atoms with E-state index in [1.165, 1.54) is 0 Å². The van der Waals surface area contributed by atoms with Crippen molar-refractivity contribution < 1.29 is 31.1 Å². The lowest BCUT2D eigenvalue weighted by Gasteiger charge is -2.36. The summed E-state index contributed by atoms with van der Waals surface area (Å²) in [6, 6.07) is 0.146. The predicted octanol–water partition coefficient (Wildman–Crippen LogP) is 3.22. The molecule has 0 aromatic heterocycles. The van der Waals surface area contributed by atoms with E-state index < -0.39 is 29.5 Å². The second-order valence-corrected chi connectivity index (χ2v) is 5.22. The lowest BCUT2D eigenvalue weighted by Crippen LogP contribution is -2.49. The fourth-order valence-electron chi connectivity index (χ4n) is 2.61. The van der Waals surface area contributed by atoms with Crippen molar-refractivity contribution in [1.82, 2.24) is 10.2 Å². The Bertz CT molecular complexity index is 537. The topological polar surface area (TPSA) is 24.5 Å². The summed E-state index contributed by atoms with van der Waals surface area (Å²) < 4.78 is 83.9. The van der Waals surface area contributed by atoms with Crippen molar-refractivity contribution in [3.05, 3.63) is 29.3 Å². The van der Waals surface area contributed by atoms with Crippen molar-refractivity contribution in [3.63, 3.8) is 0 Å². The molecule has 3 nitrogen and oxygen atoms in total. The molecule has 0 aliphatic carbocycles. The molecule has 130 valence electrons. The molecule has 0 spiro atoms. The van der Waals surface area contributed by atoms with Crippen molar-refractivity contribution in [3.8, 4) is 5.75 Å². The van der Waals surface area contributed by atoms with Gasteiger partial charge >= 0.3 is 12.4 Å². The maximum Gasteiger partial charge on any atom is 0.416 e. The SMILES string of the molecule is COc1cc([C@@H](N2CCNCC2)C(F)(F)F)cc(C(F)(F)F)c1. The molecule has 9 heteroatoms. The molecule has 0 amide bonds. The van der Waals surface area contributed by atoms with Gasteiger partial charge in [0.2, 0.25) is 0 Å². The van der Waals surface area contributed by atoms with Gasteiger partial charge in [0, 0.05) is 26.2 Å². The summed E-state index contributed by atoms with van der Waals surface area (Å²) >= 11 is 0. The van der Waals surface area contributed by atoms with Crippen LogP contribution in [0.3, 0.4) is 0 Å². The Morgan fingerprint density at radius 1 is 1.04 bits per heavy atom. The van der Waals surface area contributed by atoms with Gasteiger partial charge in [0.25, 0.3) is 0 Å². The van der Waals surface area contributed by atoms with Gasteiger partial charge in [-0.05, 0) is 23.8 Å². The van der Waals surface area contributed by atoms with E-state index in [-0.39, 0.29) is 18.8 Å². The van der Waals surface area contributed by atoms with Crippen LogP contribution in [0.15, 0.2) is 18.2 Å². The summed E-state index contributed by atoms with van der Waals surface area (Å²) in [7, 11) is 1.12. The lowest BCUT2D eigenvalue weighted by molar-refractivity contribution is -0.188. The number of alkyl halides is 6. The number of ether oxygens (including phenoxy) is 1. The molecule has 23 heavy (non-hydrogen) atoms. The summed E-state index contributed by atoms with van der Waals surface area (Å²) in [6.07, 6.45) is -9.44. The number of hydrogen-bond donors (Lipinski definition) is 1. The van der Waals surface area contributed by atoms with E-state index in [9.17, 15) is 26.3 Å². The molecule has 1 aromatic rings. The Balaban J connectivity index is 2.49. The molecule has 1 saturated heterocycles. The highest BCUT2D eigenvalue weighted by Crippen LogP contribution is 2.41. The first kappa shape index (κ1) is 17.9. The zero-order chi connectivity index (χ0) is 17.3. The molecule has 0 saturated carbocycles. The smallest absolute Gasteiger partial charge is 0.416 e. The summed E-state index contributed by atoms with van der Waals surface area (Å²) in [5.74, 6) is -0.251. The van der Waals surface area contributed by atoms with Crippen LogP contribution >= 0.6 is 0 Å². The number of benzene rings is 1. The second kappa shape index (κ2) is 6.56. The fraction of sp³-hybridized carbons (Fsp3) is 0.571. The van der Waals surface area contributed by atoms with Crippen molar-refractivity contribution >= 4 is 0 Å². The highest BCUT2D eigenvalue weighted by atomic mass is 19.4. The van der Waals surface area contributed by atoms with E-state index in [2.05, 4.69) is 5.32 Å². The molecular formula is C14H16F6N2O. The van der Waals surface area contributed by atoms with E-state index in [0.717, 1.165) is 18.1 Å². The van der Waals surface area contributed by atoms with E-state index >= 15 is 0 Å². The minimum absolute atomic E-state index is 0.0999. The van der Waals surface area contributed by atoms with Gasteiger partial charge in [-0.2, -0.15) is 26.3 Å². The molecule has 1 aliphatic heterocycles.